The van der Waals surface area contributed by atoms with E-state index in [1.807, 2.05) is 79.3 Å². The van der Waals surface area contributed by atoms with Crippen molar-refractivity contribution in [3.05, 3.63) is 67.1 Å². The van der Waals surface area contributed by atoms with E-state index in [1.165, 1.54) is 6.42 Å². The first kappa shape index (κ1) is 21.0. The molecule has 0 amide bonds. The van der Waals surface area contributed by atoms with Crippen molar-refractivity contribution in [3.8, 4) is 22.8 Å². The van der Waals surface area contributed by atoms with Crippen LogP contribution < -0.4 is 4.74 Å². The molecule has 3 heterocycles. The lowest BCUT2D eigenvalue weighted by atomic mass is 10.1. The molecule has 0 unspecified atom stereocenters. The first-order valence-corrected chi connectivity index (χ1v) is 10.9. The topological polar surface area (TPSA) is 56.1 Å². The molecule has 5 rings (SSSR count). The molecule has 4 aromatic rings. The van der Waals surface area contributed by atoms with Gasteiger partial charge in [0.2, 0.25) is 0 Å². The quantitative estimate of drug-likeness (QED) is 0.445. The molecule has 0 bridgehead atoms. The lowest BCUT2D eigenvalue weighted by Crippen LogP contribution is -2.17. The van der Waals surface area contributed by atoms with Crippen molar-refractivity contribution in [3.63, 3.8) is 0 Å². The van der Waals surface area contributed by atoms with Crippen LogP contribution in [0.2, 0.25) is 0 Å². The normalized spacial score (nSPS) is 16.2. The van der Waals surface area contributed by atoms with E-state index in [1.54, 1.807) is 6.33 Å². The Balaban J connectivity index is 0.00000112. The van der Waals surface area contributed by atoms with Gasteiger partial charge in [-0.05, 0) is 62.3 Å². The standard InChI is InChI=1S/C23H23N5O.C2H6/c1-27-12-11-17(14-27)15-28-23-21(13-24-16-25-23)22(26-28)18-7-9-20(10-8-18)29-19-5-3-2-4-6-19;1-2/h2-10,13,16-17H,11-12,14-15H2,1H3;1-2H3/t17-;/m0./s1. The smallest absolute Gasteiger partial charge is 0.161 e. The van der Waals surface area contributed by atoms with E-state index in [4.69, 9.17) is 9.84 Å². The molecule has 160 valence electrons. The summed E-state index contributed by atoms with van der Waals surface area (Å²) >= 11 is 0. The summed E-state index contributed by atoms with van der Waals surface area (Å²) in [5, 5.41) is 5.90. The lowest BCUT2D eigenvalue weighted by molar-refractivity contribution is 0.372. The van der Waals surface area contributed by atoms with E-state index in [-0.39, 0.29) is 0 Å². The molecule has 0 radical (unpaired) electrons. The van der Waals surface area contributed by atoms with Crippen molar-refractivity contribution < 1.29 is 4.74 Å². The Kier molecular flexibility index (Phi) is 6.57. The van der Waals surface area contributed by atoms with E-state index < -0.39 is 0 Å². The van der Waals surface area contributed by atoms with Gasteiger partial charge in [-0.1, -0.05) is 32.0 Å². The zero-order chi connectivity index (χ0) is 21.6. The fourth-order valence-electron chi connectivity index (χ4n) is 3.98. The molecular formula is C25H29N5O. The number of hydrogen-bond acceptors (Lipinski definition) is 5. The van der Waals surface area contributed by atoms with Gasteiger partial charge >= 0.3 is 0 Å². The minimum absolute atomic E-state index is 0.604. The average molecular weight is 416 g/mol. The Bertz CT molecular complexity index is 1110. The van der Waals surface area contributed by atoms with Crippen molar-refractivity contribution in [1.82, 2.24) is 24.6 Å². The molecule has 1 atom stereocenters. The molecule has 31 heavy (non-hydrogen) atoms. The minimum atomic E-state index is 0.604. The zero-order valence-electron chi connectivity index (χ0n) is 18.4. The maximum Gasteiger partial charge on any atom is 0.161 e. The summed E-state index contributed by atoms with van der Waals surface area (Å²) in [5.74, 6) is 2.23. The fraction of sp³-hybridized carbons (Fsp3) is 0.320. The molecule has 6 nitrogen and oxygen atoms in total. The van der Waals surface area contributed by atoms with Gasteiger partial charge in [0.25, 0.3) is 0 Å². The second-order valence-electron chi connectivity index (χ2n) is 7.65. The number of aromatic nitrogens is 4. The van der Waals surface area contributed by atoms with Crippen LogP contribution >= 0.6 is 0 Å². The maximum atomic E-state index is 5.91. The Morgan fingerprint density at radius 3 is 2.45 bits per heavy atom. The minimum Gasteiger partial charge on any atom is -0.457 e. The van der Waals surface area contributed by atoms with Gasteiger partial charge in [0.05, 0.1) is 5.39 Å². The summed E-state index contributed by atoms with van der Waals surface area (Å²) in [5.41, 5.74) is 2.85. The predicted octanol–water partition coefficient (Wildman–Crippen LogP) is 5.26. The lowest BCUT2D eigenvalue weighted by Gasteiger charge is -2.10. The van der Waals surface area contributed by atoms with Crippen molar-refractivity contribution >= 4 is 11.0 Å². The summed E-state index contributed by atoms with van der Waals surface area (Å²) in [6, 6.07) is 17.8. The molecule has 1 fully saturated rings. The predicted molar refractivity (Wildman–Crippen MR) is 124 cm³/mol. The first-order valence-electron chi connectivity index (χ1n) is 10.9. The molecule has 0 aliphatic carbocycles. The third-order valence-electron chi connectivity index (χ3n) is 5.44. The highest BCUT2D eigenvalue weighted by Crippen LogP contribution is 2.30. The molecular weight excluding hydrogens is 386 g/mol. The summed E-state index contributed by atoms with van der Waals surface area (Å²) < 4.78 is 7.95. The molecule has 0 saturated carbocycles. The fourth-order valence-corrected chi connectivity index (χ4v) is 3.98. The number of nitrogens with zero attached hydrogens (tertiary/aromatic N) is 5. The molecule has 2 aromatic carbocycles. The second-order valence-corrected chi connectivity index (χ2v) is 7.65. The van der Waals surface area contributed by atoms with Crippen LogP contribution in [0.3, 0.4) is 0 Å². The average Bonchev–Trinajstić information content (AvgIpc) is 3.40. The third-order valence-corrected chi connectivity index (χ3v) is 5.44. The zero-order valence-corrected chi connectivity index (χ0v) is 18.4. The van der Waals surface area contributed by atoms with E-state index in [0.29, 0.717) is 5.92 Å². The molecule has 0 spiro atoms. The van der Waals surface area contributed by atoms with Gasteiger partial charge in [-0.2, -0.15) is 5.10 Å². The molecule has 1 saturated heterocycles. The molecule has 0 N–H and O–H groups in total. The number of para-hydroxylation sites is 1. The molecule has 2 aromatic heterocycles. The number of rotatable bonds is 5. The van der Waals surface area contributed by atoms with Crippen LogP contribution in [0.5, 0.6) is 11.5 Å². The largest absolute Gasteiger partial charge is 0.457 e. The summed E-state index contributed by atoms with van der Waals surface area (Å²) in [4.78, 5) is 11.1. The molecule has 6 heteroatoms. The van der Waals surface area contributed by atoms with Crippen LogP contribution in [0, 0.1) is 5.92 Å². The summed E-state index contributed by atoms with van der Waals surface area (Å²) in [6.45, 7) is 7.13. The SMILES string of the molecule is CC.CN1CC[C@H](Cn2nc(-c3ccc(Oc4ccccc4)cc3)c3cncnc32)C1. The third kappa shape index (κ3) is 4.75. The van der Waals surface area contributed by atoms with Gasteiger partial charge in [0.1, 0.15) is 23.5 Å². The van der Waals surface area contributed by atoms with E-state index in [2.05, 4.69) is 21.9 Å². The number of ether oxygens (including phenoxy) is 1. The summed E-state index contributed by atoms with van der Waals surface area (Å²) in [6.07, 6.45) is 4.65. The van der Waals surface area contributed by atoms with Crippen molar-refractivity contribution in [2.45, 2.75) is 26.8 Å². The van der Waals surface area contributed by atoms with Crippen LogP contribution in [-0.4, -0.2) is 44.8 Å². The second kappa shape index (κ2) is 9.71. The van der Waals surface area contributed by atoms with Crippen LogP contribution in [0.15, 0.2) is 67.1 Å². The van der Waals surface area contributed by atoms with Crippen molar-refractivity contribution in [1.29, 1.82) is 0 Å². The number of benzene rings is 2. The number of fused-ring (bicyclic) bond motifs is 1. The Hall–Kier alpha value is -3.25. The molecule has 1 aliphatic rings. The van der Waals surface area contributed by atoms with Gasteiger partial charge in [-0.15, -0.1) is 0 Å². The van der Waals surface area contributed by atoms with Gasteiger partial charge in [-0.3, -0.25) is 0 Å². The van der Waals surface area contributed by atoms with Crippen LogP contribution in [0.1, 0.15) is 20.3 Å². The van der Waals surface area contributed by atoms with Crippen LogP contribution in [-0.2, 0) is 6.54 Å². The Morgan fingerprint density at radius 2 is 1.74 bits per heavy atom. The maximum absolute atomic E-state index is 5.91. The number of hydrogen-bond donors (Lipinski definition) is 0. The highest BCUT2D eigenvalue weighted by atomic mass is 16.5. The van der Waals surface area contributed by atoms with Crippen molar-refractivity contribution in [2.24, 2.45) is 5.92 Å². The highest BCUT2D eigenvalue weighted by Gasteiger charge is 2.22. The van der Waals surface area contributed by atoms with Gasteiger partial charge in [-0.25, -0.2) is 14.6 Å². The van der Waals surface area contributed by atoms with Crippen molar-refractivity contribution in [2.75, 3.05) is 20.1 Å². The van der Waals surface area contributed by atoms with E-state index in [9.17, 15) is 0 Å². The first-order chi connectivity index (χ1) is 15.3. The van der Waals surface area contributed by atoms with Gasteiger partial charge in [0, 0.05) is 24.8 Å². The Labute approximate surface area is 183 Å². The van der Waals surface area contributed by atoms with Gasteiger partial charge < -0.3 is 9.64 Å². The monoisotopic (exact) mass is 415 g/mol. The van der Waals surface area contributed by atoms with E-state index in [0.717, 1.165) is 53.4 Å². The number of likely N-dealkylation sites (tertiary alicyclic amines) is 1. The summed E-state index contributed by atoms with van der Waals surface area (Å²) in [7, 11) is 2.17. The highest BCUT2D eigenvalue weighted by molar-refractivity contribution is 5.90. The van der Waals surface area contributed by atoms with Gasteiger partial charge in [0.15, 0.2) is 5.65 Å². The van der Waals surface area contributed by atoms with Crippen LogP contribution in [0.25, 0.3) is 22.3 Å². The Morgan fingerprint density at radius 1 is 1.00 bits per heavy atom. The van der Waals surface area contributed by atoms with E-state index >= 15 is 0 Å². The van der Waals surface area contributed by atoms with Crippen LogP contribution in [0.4, 0.5) is 0 Å². The molecule has 1 aliphatic heterocycles.